The van der Waals surface area contributed by atoms with Gasteiger partial charge in [0.1, 0.15) is 0 Å². The molecule has 5 nitrogen and oxygen atoms in total. The number of carbonyl (C=O) groups is 1. The largest absolute Gasteiger partial charge is 0.478 e. The highest BCUT2D eigenvalue weighted by Gasteiger charge is 2.13. The fourth-order valence-electron chi connectivity index (χ4n) is 2.02. The third-order valence-electron chi connectivity index (χ3n) is 3.15. The minimum atomic E-state index is -1.01. The topological polar surface area (TPSA) is 79.5 Å². The third-order valence-corrected chi connectivity index (χ3v) is 3.15. The Kier molecular flexibility index (Phi) is 4.20. The SMILES string of the molecule is CN(CCc1ccccn1)c1cccc(C(=O)O)c1N. The molecule has 1 aromatic heterocycles. The Morgan fingerprint density at radius 1 is 1.30 bits per heavy atom. The number of rotatable bonds is 5. The van der Waals surface area contributed by atoms with Crippen LogP contribution in [0.25, 0.3) is 0 Å². The van der Waals surface area contributed by atoms with Crippen LogP contribution in [0.5, 0.6) is 0 Å². The van der Waals surface area contributed by atoms with Crippen LogP contribution in [0.2, 0.25) is 0 Å². The van der Waals surface area contributed by atoms with Gasteiger partial charge in [0.05, 0.1) is 16.9 Å². The van der Waals surface area contributed by atoms with Crippen LogP contribution in [0.3, 0.4) is 0 Å². The van der Waals surface area contributed by atoms with Gasteiger partial charge in [0.25, 0.3) is 0 Å². The maximum absolute atomic E-state index is 11.1. The van der Waals surface area contributed by atoms with Crippen molar-refractivity contribution in [1.29, 1.82) is 0 Å². The molecule has 5 heteroatoms. The van der Waals surface area contributed by atoms with Gasteiger partial charge < -0.3 is 15.7 Å². The first-order valence-electron chi connectivity index (χ1n) is 6.32. The number of pyridine rings is 1. The van der Waals surface area contributed by atoms with Crippen LogP contribution < -0.4 is 10.6 Å². The number of nitrogen functional groups attached to an aromatic ring is 1. The van der Waals surface area contributed by atoms with Gasteiger partial charge in [0.15, 0.2) is 0 Å². The zero-order valence-electron chi connectivity index (χ0n) is 11.3. The number of para-hydroxylation sites is 1. The molecule has 104 valence electrons. The first-order valence-corrected chi connectivity index (χ1v) is 6.32. The summed E-state index contributed by atoms with van der Waals surface area (Å²) < 4.78 is 0. The Labute approximate surface area is 117 Å². The molecule has 2 aromatic rings. The maximum atomic E-state index is 11.1. The normalized spacial score (nSPS) is 10.2. The molecule has 0 saturated heterocycles. The van der Waals surface area contributed by atoms with Gasteiger partial charge in [0, 0.05) is 31.9 Å². The summed E-state index contributed by atoms with van der Waals surface area (Å²) in [5.74, 6) is -1.01. The second-order valence-electron chi connectivity index (χ2n) is 4.54. The summed E-state index contributed by atoms with van der Waals surface area (Å²) in [6.45, 7) is 0.713. The zero-order chi connectivity index (χ0) is 14.5. The van der Waals surface area contributed by atoms with Crippen molar-refractivity contribution in [2.24, 2.45) is 0 Å². The molecule has 1 heterocycles. The lowest BCUT2D eigenvalue weighted by Crippen LogP contribution is -2.22. The first kappa shape index (κ1) is 13.9. The van der Waals surface area contributed by atoms with Crippen molar-refractivity contribution in [1.82, 2.24) is 4.98 Å². The lowest BCUT2D eigenvalue weighted by Gasteiger charge is -2.21. The molecule has 3 N–H and O–H groups in total. The Morgan fingerprint density at radius 3 is 2.75 bits per heavy atom. The van der Waals surface area contributed by atoms with Gasteiger partial charge >= 0.3 is 5.97 Å². The van der Waals surface area contributed by atoms with Crippen molar-refractivity contribution in [3.63, 3.8) is 0 Å². The summed E-state index contributed by atoms with van der Waals surface area (Å²) in [7, 11) is 1.89. The van der Waals surface area contributed by atoms with E-state index in [1.807, 2.05) is 36.2 Å². The molecule has 0 radical (unpaired) electrons. The lowest BCUT2D eigenvalue weighted by molar-refractivity contribution is 0.0698. The van der Waals surface area contributed by atoms with Gasteiger partial charge in [-0.25, -0.2) is 4.79 Å². The van der Waals surface area contributed by atoms with E-state index in [2.05, 4.69) is 4.98 Å². The third kappa shape index (κ3) is 3.06. The van der Waals surface area contributed by atoms with Gasteiger partial charge in [-0.15, -0.1) is 0 Å². The van der Waals surface area contributed by atoms with E-state index in [9.17, 15) is 4.79 Å². The summed E-state index contributed by atoms with van der Waals surface area (Å²) >= 11 is 0. The number of nitrogens with two attached hydrogens (primary N) is 1. The molecule has 0 unspecified atom stereocenters. The first-order chi connectivity index (χ1) is 9.59. The number of nitrogens with zero attached hydrogens (tertiary/aromatic N) is 2. The van der Waals surface area contributed by atoms with E-state index >= 15 is 0 Å². The lowest BCUT2D eigenvalue weighted by atomic mass is 10.1. The van der Waals surface area contributed by atoms with Gasteiger partial charge in [-0.05, 0) is 24.3 Å². The van der Waals surface area contributed by atoms with Crippen LogP contribution in [-0.4, -0.2) is 29.7 Å². The van der Waals surface area contributed by atoms with Crippen molar-refractivity contribution in [3.05, 3.63) is 53.9 Å². The number of hydrogen-bond acceptors (Lipinski definition) is 4. The van der Waals surface area contributed by atoms with E-state index in [1.165, 1.54) is 6.07 Å². The van der Waals surface area contributed by atoms with Crippen molar-refractivity contribution in [3.8, 4) is 0 Å². The molecule has 0 atom stereocenters. The molecule has 1 aromatic carbocycles. The van der Waals surface area contributed by atoms with E-state index in [4.69, 9.17) is 10.8 Å². The number of carboxylic acids is 1. The average Bonchev–Trinajstić information content (AvgIpc) is 2.46. The molecule has 0 aliphatic carbocycles. The summed E-state index contributed by atoms with van der Waals surface area (Å²) in [6.07, 6.45) is 2.53. The van der Waals surface area contributed by atoms with E-state index in [1.54, 1.807) is 12.3 Å². The minimum absolute atomic E-state index is 0.132. The van der Waals surface area contributed by atoms with Crippen LogP contribution in [0, 0.1) is 0 Å². The maximum Gasteiger partial charge on any atom is 0.337 e. The van der Waals surface area contributed by atoms with Crippen molar-refractivity contribution in [2.45, 2.75) is 6.42 Å². The van der Waals surface area contributed by atoms with Gasteiger partial charge in [-0.1, -0.05) is 12.1 Å². The summed E-state index contributed by atoms with van der Waals surface area (Å²) in [6, 6.07) is 10.8. The van der Waals surface area contributed by atoms with Gasteiger partial charge in [-0.2, -0.15) is 0 Å². The molecule has 0 aliphatic heterocycles. The number of hydrogen-bond donors (Lipinski definition) is 2. The summed E-state index contributed by atoms with van der Waals surface area (Å²) in [4.78, 5) is 17.3. The molecular formula is C15H17N3O2. The van der Waals surface area contributed by atoms with Crippen LogP contribution in [0.4, 0.5) is 11.4 Å². The fourth-order valence-corrected chi connectivity index (χ4v) is 2.02. The highest BCUT2D eigenvalue weighted by Crippen LogP contribution is 2.25. The Bertz CT molecular complexity index is 599. The number of anilines is 2. The van der Waals surface area contributed by atoms with Gasteiger partial charge in [-0.3, -0.25) is 4.98 Å². The van der Waals surface area contributed by atoms with E-state index in [0.717, 1.165) is 17.8 Å². The predicted molar refractivity (Wildman–Crippen MR) is 79.0 cm³/mol. The second-order valence-corrected chi connectivity index (χ2v) is 4.54. The standard InChI is InChI=1S/C15H17N3O2/c1-18(10-8-11-5-2-3-9-17-11)13-7-4-6-12(14(13)16)15(19)20/h2-7,9H,8,10,16H2,1H3,(H,19,20). The number of carboxylic acid groups (broad SMARTS) is 1. The number of aromatic nitrogens is 1. The molecular weight excluding hydrogens is 254 g/mol. The average molecular weight is 271 g/mol. The van der Waals surface area contributed by atoms with E-state index in [0.29, 0.717) is 12.2 Å². The molecule has 0 spiro atoms. The molecule has 0 saturated carbocycles. The number of aromatic carboxylic acids is 1. The molecule has 2 rings (SSSR count). The summed E-state index contributed by atoms with van der Waals surface area (Å²) in [5.41, 5.74) is 8.06. The van der Waals surface area contributed by atoms with E-state index < -0.39 is 5.97 Å². The predicted octanol–water partition coefficient (Wildman–Crippen LogP) is 2.04. The molecule has 0 amide bonds. The van der Waals surface area contributed by atoms with Crippen molar-refractivity contribution in [2.75, 3.05) is 24.2 Å². The quantitative estimate of drug-likeness (QED) is 0.813. The number of benzene rings is 1. The molecule has 20 heavy (non-hydrogen) atoms. The molecule has 0 aliphatic rings. The number of likely N-dealkylation sites (N-methyl/N-ethyl adjacent to an activating group) is 1. The zero-order valence-corrected chi connectivity index (χ0v) is 11.3. The summed E-state index contributed by atoms with van der Waals surface area (Å²) in [5, 5.41) is 9.07. The second kappa shape index (κ2) is 6.06. The Balaban J connectivity index is 2.11. The van der Waals surface area contributed by atoms with Crippen LogP contribution in [0.15, 0.2) is 42.6 Å². The minimum Gasteiger partial charge on any atom is -0.478 e. The van der Waals surface area contributed by atoms with Gasteiger partial charge in [0.2, 0.25) is 0 Å². The Morgan fingerprint density at radius 2 is 2.10 bits per heavy atom. The van der Waals surface area contributed by atoms with Crippen molar-refractivity contribution < 1.29 is 9.90 Å². The van der Waals surface area contributed by atoms with Crippen molar-refractivity contribution >= 4 is 17.3 Å². The van der Waals surface area contributed by atoms with Crippen LogP contribution >= 0.6 is 0 Å². The van der Waals surface area contributed by atoms with E-state index in [-0.39, 0.29) is 5.56 Å². The fraction of sp³-hybridized carbons (Fsp3) is 0.200. The smallest absolute Gasteiger partial charge is 0.337 e. The highest BCUT2D eigenvalue weighted by atomic mass is 16.4. The molecule has 0 bridgehead atoms. The van der Waals surface area contributed by atoms with Crippen LogP contribution in [0.1, 0.15) is 16.1 Å². The van der Waals surface area contributed by atoms with Crippen LogP contribution in [-0.2, 0) is 6.42 Å². The molecule has 0 fully saturated rings. The Hall–Kier alpha value is -2.56. The highest BCUT2D eigenvalue weighted by molar-refractivity contribution is 5.97. The monoisotopic (exact) mass is 271 g/mol.